The summed E-state index contributed by atoms with van der Waals surface area (Å²) >= 11 is 0. The van der Waals surface area contributed by atoms with Crippen molar-refractivity contribution in [3.05, 3.63) is 12.1 Å². The van der Waals surface area contributed by atoms with Crippen LogP contribution >= 0.6 is 0 Å². The zero-order valence-corrected chi connectivity index (χ0v) is 11.6. The molecule has 0 N–H and O–H groups in total. The van der Waals surface area contributed by atoms with Crippen molar-refractivity contribution in [2.75, 3.05) is 0 Å². The fraction of sp³-hybridized carbons (Fsp3) is 0.875. The second kappa shape index (κ2) is 14.7. The highest BCUT2D eigenvalue weighted by atomic mass is 14.0. The number of allylic oxidation sites excluding steroid dienone is 2. The minimum atomic E-state index is 0.806. The van der Waals surface area contributed by atoms with Crippen molar-refractivity contribution in [1.82, 2.24) is 0 Å². The molecule has 0 atom stereocenters. The Kier molecular flexibility index (Phi) is 12.7. The molecule has 0 aromatic rings. The quantitative estimate of drug-likeness (QED) is 0.271. The van der Waals surface area contributed by atoms with Gasteiger partial charge in [0.05, 0.1) is 1.37 Å². The molecule has 0 bridgehead atoms. The van der Waals surface area contributed by atoms with Gasteiger partial charge in [0.2, 0.25) is 0 Å². The standard InChI is InChI=1S/C16H32/c1-3-5-7-9-11-13-15-16-14-12-10-8-6-4-2/h3,5H,4,6-16H2,1-2H3/b5-3-/i5D. The smallest absolute Gasteiger partial charge is 0.0572 e. The molecule has 0 radical (unpaired) electrons. The van der Waals surface area contributed by atoms with Gasteiger partial charge in [-0.05, 0) is 19.8 Å². The fourth-order valence-corrected chi connectivity index (χ4v) is 2.04. The van der Waals surface area contributed by atoms with Crippen LogP contribution in [0, 0.1) is 0 Å². The second-order valence-electron chi connectivity index (χ2n) is 4.78. The van der Waals surface area contributed by atoms with Gasteiger partial charge in [-0.25, -0.2) is 0 Å². The summed E-state index contributed by atoms with van der Waals surface area (Å²) in [5, 5.41) is 0. The van der Waals surface area contributed by atoms with E-state index in [1.54, 1.807) is 0 Å². The maximum Gasteiger partial charge on any atom is 0.0572 e. The Balaban J connectivity index is 2.99. The Morgan fingerprint density at radius 2 is 1.19 bits per heavy atom. The first-order valence-electron chi connectivity index (χ1n) is 7.93. The van der Waals surface area contributed by atoms with E-state index in [-0.39, 0.29) is 0 Å². The third-order valence-corrected chi connectivity index (χ3v) is 3.13. The lowest BCUT2D eigenvalue weighted by Crippen LogP contribution is -1.81. The van der Waals surface area contributed by atoms with Crippen LogP contribution in [0.25, 0.3) is 0 Å². The highest BCUT2D eigenvalue weighted by Crippen LogP contribution is 2.11. The summed E-state index contributed by atoms with van der Waals surface area (Å²) in [5.41, 5.74) is 0. The molecule has 0 aliphatic carbocycles. The molecule has 0 unspecified atom stereocenters. The van der Waals surface area contributed by atoms with Crippen LogP contribution in [0.5, 0.6) is 0 Å². The first kappa shape index (κ1) is 13.8. The predicted molar refractivity (Wildman–Crippen MR) is 75.9 cm³/mol. The first-order chi connectivity index (χ1) is 8.31. The Hall–Kier alpha value is -0.260. The summed E-state index contributed by atoms with van der Waals surface area (Å²) in [6, 6.07) is 0.806. The van der Waals surface area contributed by atoms with Crippen LogP contribution in [0.15, 0.2) is 12.1 Å². The van der Waals surface area contributed by atoms with E-state index in [4.69, 9.17) is 1.37 Å². The molecule has 0 heterocycles. The van der Waals surface area contributed by atoms with Crippen LogP contribution in [0.3, 0.4) is 0 Å². The molecule has 0 aliphatic heterocycles. The largest absolute Gasteiger partial charge is 0.0917 e. The minimum absolute atomic E-state index is 0.806. The normalized spacial score (nSPS) is 12.9. The summed E-state index contributed by atoms with van der Waals surface area (Å²) in [5.74, 6) is 0. The molecule has 0 saturated carbocycles. The summed E-state index contributed by atoms with van der Waals surface area (Å²) in [7, 11) is 0. The minimum Gasteiger partial charge on any atom is -0.0917 e. The van der Waals surface area contributed by atoms with E-state index < -0.39 is 0 Å². The van der Waals surface area contributed by atoms with Crippen molar-refractivity contribution >= 4 is 0 Å². The Labute approximate surface area is 105 Å². The molecule has 0 aliphatic rings. The summed E-state index contributed by atoms with van der Waals surface area (Å²) in [6.07, 6.45) is 18.1. The van der Waals surface area contributed by atoms with Crippen molar-refractivity contribution < 1.29 is 1.37 Å². The van der Waals surface area contributed by atoms with Crippen LogP contribution < -0.4 is 0 Å². The molecule has 0 rings (SSSR count). The number of unbranched alkanes of at least 4 members (excludes halogenated alkanes) is 10. The van der Waals surface area contributed by atoms with Crippen LogP contribution in [0.2, 0.25) is 0 Å². The number of rotatable bonds is 12. The average molecular weight is 225 g/mol. The van der Waals surface area contributed by atoms with Gasteiger partial charge in [0.25, 0.3) is 0 Å². The maximum absolute atomic E-state index is 7.51. The van der Waals surface area contributed by atoms with Gasteiger partial charge in [-0.2, -0.15) is 0 Å². The third kappa shape index (κ3) is 13.7. The summed E-state index contributed by atoms with van der Waals surface area (Å²) in [6.45, 7) is 4.23. The van der Waals surface area contributed by atoms with Crippen molar-refractivity contribution in [1.29, 1.82) is 0 Å². The molecule has 0 amide bonds. The Bertz CT molecular complexity index is 172. The van der Waals surface area contributed by atoms with Gasteiger partial charge in [-0.1, -0.05) is 83.3 Å². The highest BCUT2D eigenvalue weighted by Gasteiger charge is 1.92. The van der Waals surface area contributed by atoms with Gasteiger partial charge < -0.3 is 0 Å². The lowest BCUT2D eigenvalue weighted by Gasteiger charge is -2.01. The van der Waals surface area contributed by atoms with E-state index in [0.717, 1.165) is 12.5 Å². The molecule has 16 heavy (non-hydrogen) atoms. The van der Waals surface area contributed by atoms with Gasteiger partial charge in [-0.15, -0.1) is 0 Å². The van der Waals surface area contributed by atoms with E-state index in [9.17, 15) is 0 Å². The molecule has 0 fully saturated rings. The van der Waals surface area contributed by atoms with E-state index in [1.807, 2.05) is 13.0 Å². The molecule has 0 spiro atoms. The van der Waals surface area contributed by atoms with Crippen molar-refractivity contribution in [3.8, 4) is 0 Å². The first-order valence-corrected chi connectivity index (χ1v) is 7.43. The van der Waals surface area contributed by atoms with Crippen molar-refractivity contribution in [2.24, 2.45) is 0 Å². The third-order valence-electron chi connectivity index (χ3n) is 3.13. The van der Waals surface area contributed by atoms with Crippen LogP contribution in [0.4, 0.5) is 0 Å². The van der Waals surface area contributed by atoms with Crippen molar-refractivity contribution in [3.63, 3.8) is 0 Å². The van der Waals surface area contributed by atoms with E-state index >= 15 is 0 Å². The molecule has 0 aromatic carbocycles. The van der Waals surface area contributed by atoms with Gasteiger partial charge in [0, 0.05) is 0 Å². The Morgan fingerprint density at radius 1 is 0.750 bits per heavy atom. The second-order valence-corrected chi connectivity index (χ2v) is 4.78. The average Bonchev–Trinajstić information content (AvgIpc) is 2.35. The topological polar surface area (TPSA) is 0 Å². The summed E-state index contributed by atoms with van der Waals surface area (Å²) in [4.78, 5) is 0. The van der Waals surface area contributed by atoms with Gasteiger partial charge in [-0.3, -0.25) is 0 Å². The lowest BCUT2D eigenvalue weighted by molar-refractivity contribution is 0.550. The van der Waals surface area contributed by atoms with E-state index in [2.05, 4.69) is 6.92 Å². The molecule has 0 aromatic heterocycles. The Morgan fingerprint density at radius 3 is 1.62 bits per heavy atom. The van der Waals surface area contributed by atoms with Crippen LogP contribution in [0.1, 0.15) is 92.3 Å². The lowest BCUT2D eigenvalue weighted by atomic mass is 10.1. The number of hydrogen-bond acceptors (Lipinski definition) is 0. The van der Waals surface area contributed by atoms with Gasteiger partial charge >= 0.3 is 0 Å². The monoisotopic (exact) mass is 225 g/mol. The molecular weight excluding hydrogens is 192 g/mol. The molecule has 0 nitrogen and oxygen atoms in total. The highest BCUT2D eigenvalue weighted by molar-refractivity contribution is 4.76. The van der Waals surface area contributed by atoms with Crippen molar-refractivity contribution in [2.45, 2.75) is 90.9 Å². The van der Waals surface area contributed by atoms with Crippen LogP contribution in [-0.4, -0.2) is 0 Å². The SMILES string of the molecule is [2H]/C(=C/C)CCCCCCCCCCCCC. The zero-order valence-electron chi connectivity index (χ0n) is 12.6. The van der Waals surface area contributed by atoms with E-state index in [1.165, 1.54) is 70.6 Å². The molecule has 0 saturated heterocycles. The molecule has 96 valence electrons. The van der Waals surface area contributed by atoms with Gasteiger partial charge in [0.15, 0.2) is 0 Å². The van der Waals surface area contributed by atoms with Crippen LogP contribution in [-0.2, 0) is 0 Å². The maximum atomic E-state index is 7.51. The van der Waals surface area contributed by atoms with E-state index in [0.29, 0.717) is 0 Å². The summed E-state index contributed by atoms with van der Waals surface area (Å²) < 4.78 is 7.51. The molecule has 0 heteroatoms. The number of hydrogen-bond donors (Lipinski definition) is 0. The van der Waals surface area contributed by atoms with Gasteiger partial charge in [0.1, 0.15) is 0 Å². The fourth-order valence-electron chi connectivity index (χ4n) is 2.04. The zero-order chi connectivity index (χ0) is 12.8. The molecular formula is C16H32. The predicted octanol–water partition coefficient (Wildman–Crippen LogP) is 6.26.